The minimum absolute atomic E-state index is 0.00647. The maximum atomic E-state index is 12.7. The molecule has 2 unspecified atom stereocenters. The third-order valence-corrected chi connectivity index (χ3v) is 4.52. The third kappa shape index (κ3) is 3.52. The van der Waals surface area contributed by atoms with Gasteiger partial charge in [-0.1, -0.05) is 6.07 Å². The Labute approximate surface area is 171 Å². The molecule has 0 bridgehead atoms. The van der Waals surface area contributed by atoms with Crippen LogP contribution in [0.1, 0.15) is 25.3 Å². The monoisotopic (exact) mass is 408 g/mol. The maximum absolute atomic E-state index is 12.7. The third-order valence-electron chi connectivity index (χ3n) is 4.52. The molecule has 3 N–H and O–H groups in total. The molecule has 0 saturated heterocycles. The van der Waals surface area contributed by atoms with Gasteiger partial charge >= 0.3 is 5.97 Å². The lowest BCUT2D eigenvalue weighted by Crippen LogP contribution is -2.39. The van der Waals surface area contributed by atoms with Gasteiger partial charge in [-0.15, -0.1) is 0 Å². The molecule has 2 heterocycles. The van der Waals surface area contributed by atoms with Crippen molar-refractivity contribution in [2.75, 3.05) is 6.79 Å². The number of benzene rings is 1. The molecule has 1 aromatic rings. The van der Waals surface area contributed by atoms with Crippen LogP contribution in [-0.2, 0) is 14.3 Å². The number of cyclic esters (lactones) is 1. The van der Waals surface area contributed by atoms with Crippen LogP contribution in [0.25, 0.3) is 0 Å². The zero-order valence-electron chi connectivity index (χ0n) is 16.0. The van der Waals surface area contributed by atoms with Crippen molar-refractivity contribution in [3.8, 4) is 29.7 Å². The first kappa shape index (κ1) is 20.4. The Hall–Kier alpha value is -4.36. The molecule has 0 spiro atoms. The van der Waals surface area contributed by atoms with E-state index in [-0.39, 0.29) is 18.1 Å². The number of hydrogen-bond donors (Lipinski definition) is 2. The van der Waals surface area contributed by atoms with Crippen LogP contribution in [0.3, 0.4) is 0 Å². The molecular formula is C20H16N4O6. The van der Waals surface area contributed by atoms with Gasteiger partial charge in [-0.2, -0.15) is 15.8 Å². The fraction of sp³-hybridized carbons (Fsp3) is 0.300. The van der Waals surface area contributed by atoms with Crippen LogP contribution >= 0.6 is 0 Å². The number of carbonyl (C=O) groups excluding carboxylic acids is 1. The summed E-state index contributed by atoms with van der Waals surface area (Å²) in [6, 6.07) is 9.77. The summed E-state index contributed by atoms with van der Waals surface area (Å²) in [6.45, 7) is 2.84. The van der Waals surface area contributed by atoms with E-state index in [9.17, 15) is 15.2 Å². The van der Waals surface area contributed by atoms with Gasteiger partial charge in [0.15, 0.2) is 11.5 Å². The standard InChI is InChI=1S/C20H16N4O6/c1-20(2)29-18(25)16(19(26)30-20)15(12(8-23)17(24)11(6-21)7-22)10-3-4-13-14(5-10)28-9-27-13/h3-5,12,15,25H,9,24H2,1-2H3. The number of aliphatic hydroxyl groups is 1. The highest BCUT2D eigenvalue weighted by atomic mass is 16.8. The highest BCUT2D eigenvalue weighted by Gasteiger charge is 2.44. The van der Waals surface area contributed by atoms with Crippen molar-refractivity contribution < 1.29 is 28.8 Å². The Morgan fingerprint density at radius 1 is 1.17 bits per heavy atom. The van der Waals surface area contributed by atoms with Crippen LogP contribution in [0, 0.1) is 39.9 Å². The smallest absolute Gasteiger partial charge is 0.345 e. The quantitative estimate of drug-likeness (QED) is 0.554. The fourth-order valence-corrected chi connectivity index (χ4v) is 3.20. The molecule has 0 amide bonds. The summed E-state index contributed by atoms with van der Waals surface area (Å²) in [5.74, 6) is -4.93. The number of carbonyl (C=O) groups is 1. The molecule has 0 saturated carbocycles. The van der Waals surface area contributed by atoms with Gasteiger partial charge in [-0.3, -0.25) is 0 Å². The molecule has 1 aromatic carbocycles. The topological polar surface area (TPSA) is 172 Å². The summed E-state index contributed by atoms with van der Waals surface area (Å²) in [5.41, 5.74) is 5.06. The molecule has 2 atom stereocenters. The van der Waals surface area contributed by atoms with E-state index in [2.05, 4.69) is 0 Å². The highest BCUT2D eigenvalue weighted by molar-refractivity contribution is 5.91. The Kier molecular flexibility index (Phi) is 5.14. The number of esters is 1. The summed E-state index contributed by atoms with van der Waals surface area (Å²) >= 11 is 0. The number of nitrogens with two attached hydrogens (primary N) is 1. The molecule has 0 fully saturated rings. The van der Waals surface area contributed by atoms with Gasteiger partial charge in [0.2, 0.25) is 6.79 Å². The second-order valence-corrected chi connectivity index (χ2v) is 6.86. The predicted molar refractivity (Wildman–Crippen MR) is 97.8 cm³/mol. The maximum Gasteiger partial charge on any atom is 0.345 e. The average molecular weight is 408 g/mol. The molecule has 10 heteroatoms. The van der Waals surface area contributed by atoms with Gasteiger partial charge < -0.3 is 29.8 Å². The number of aliphatic hydroxyl groups excluding tert-OH is 1. The summed E-state index contributed by atoms with van der Waals surface area (Å²) in [7, 11) is 0. The molecule has 0 aliphatic carbocycles. The zero-order valence-corrected chi connectivity index (χ0v) is 16.0. The second-order valence-electron chi connectivity index (χ2n) is 6.86. The first-order valence-corrected chi connectivity index (χ1v) is 8.67. The van der Waals surface area contributed by atoms with Crippen LogP contribution in [0.5, 0.6) is 11.5 Å². The van der Waals surface area contributed by atoms with Gasteiger partial charge in [-0.25, -0.2) is 4.79 Å². The lowest BCUT2D eigenvalue weighted by Gasteiger charge is -2.34. The molecular weight excluding hydrogens is 392 g/mol. The van der Waals surface area contributed by atoms with E-state index in [1.54, 1.807) is 24.3 Å². The van der Waals surface area contributed by atoms with Crippen LogP contribution in [0.4, 0.5) is 0 Å². The van der Waals surface area contributed by atoms with Crippen molar-refractivity contribution in [2.24, 2.45) is 11.7 Å². The fourth-order valence-electron chi connectivity index (χ4n) is 3.20. The number of allylic oxidation sites excluding steroid dienone is 2. The molecule has 0 aromatic heterocycles. The van der Waals surface area contributed by atoms with Crippen molar-refractivity contribution >= 4 is 5.97 Å². The normalized spacial score (nSPS) is 18.0. The minimum Gasteiger partial charge on any atom is -0.480 e. The highest BCUT2D eigenvalue weighted by Crippen LogP contribution is 2.44. The van der Waals surface area contributed by atoms with Crippen LogP contribution in [-0.4, -0.2) is 23.7 Å². The predicted octanol–water partition coefficient (Wildman–Crippen LogP) is 1.98. The molecule has 10 nitrogen and oxygen atoms in total. The van der Waals surface area contributed by atoms with Gasteiger partial charge in [0.1, 0.15) is 23.3 Å². The summed E-state index contributed by atoms with van der Waals surface area (Å²) in [6.07, 6.45) is 0. The van der Waals surface area contributed by atoms with Crippen molar-refractivity contribution in [1.82, 2.24) is 0 Å². The number of rotatable bonds is 4. The number of fused-ring (bicyclic) bond motifs is 1. The van der Waals surface area contributed by atoms with E-state index in [0.717, 1.165) is 0 Å². The van der Waals surface area contributed by atoms with Crippen molar-refractivity contribution in [1.29, 1.82) is 15.8 Å². The Morgan fingerprint density at radius 2 is 1.83 bits per heavy atom. The number of hydrogen-bond acceptors (Lipinski definition) is 10. The van der Waals surface area contributed by atoms with Gasteiger partial charge in [-0.05, 0) is 17.7 Å². The second kappa shape index (κ2) is 7.57. The lowest BCUT2D eigenvalue weighted by atomic mass is 9.78. The van der Waals surface area contributed by atoms with Crippen molar-refractivity contribution in [3.05, 3.63) is 46.6 Å². The molecule has 3 rings (SSSR count). The Bertz CT molecular complexity index is 1080. The van der Waals surface area contributed by atoms with Gasteiger partial charge in [0, 0.05) is 19.8 Å². The van der Waals surface area contributed by atoms with E-state index in [4.69, 9.17) is 35.2 Å². The average Bonchev–Trinajstić information content (AvgIpc) is 3.14. The summed E-state index contributed by atoms with van der Waals surface area (Å²) in [4.78, 5) is 12.7. The Morgan fingerprint density at radius 3 is 2.43 bits per heavy atom. The largest absolute Gasteiger partial charge is 0.480 e. The van der Waals surface area contributed by atoms with E-state index in [1.807, 2.05) is 6.07 Å². The number of nitriles is 3. The van der Waals surface area contributed by atoms with E-state index >= 15 is 0 Å². The molecule has 30 heavy (non-hydrogen) atoms. The van der Waals surface area contributed by atoms with Gasteiger partial charge in [0.05, 0.1) is 17.7 Å². The number of ether oxygens (including phenoxy) is 4. The van der Waals surface area contributed by atoms with Crippen LogP contribution < -0.4 is 15.2 Å². The Balaban J connectivity index is 2.24. The van der Waals surface area contributed by atoms with Crippen molar-refractivity contribution in [3.63, 3.8) is 0 Å². The van der Waals surface area contributed by atoms with Crippen LogP contribution in [0.2, 0.25) is 0 Å². The molecule has 152 valence electrons. The molecule has 2 aliphatic heterocycles. The van der Waals surface area contributed by atoms with Crippen LogP contribution in [0.15, 0.2) is 41.0 Å². The SMILES string of the molecule is CC1(C)OC(=O)C(C(c2ccc3c(c2)OCO3)C(C#N)C(N)=C(C#N)C#N)=C(O)O1. The first-order valence-electron chi connectivity index (χ1n) is 8.67. The van der Waals surface area contributed by atoms with Gasteiger partial charge in [0.25, 0.3) is 11.7 Å². The zero-order chi connectivity index (χ0) is 22.1. The first-order chi connectivity index (χ1) is 14.2. The lowest BCUT2D eigenvalue weighted by molar-refractivity contribution is -0.222. The van der Waals surface area contributed by atoms with Crippen molar-refractivity contribution in [2.45, 2.75) is 25.6 Å². The molecule has 0 radical (unpaired) electrons. The van der Waals surface area contributed by atoms with E-state index in [1.165, 1.54) is 19.9 Å². The van der Waals surface area contributed by atoms with E-state index in [0.29, 0.717) is 17.1 Å². The molecule has 2 aliphatic rings. The number of nitrogens with zero attached hydrogens (tertiary/aromatic N) is 3. The summed E-state index contributed by atoms with van der Waals surface area (Å²) in [5, 5.41) is 38.7. The summed E-state index contributed by atoms with van der Waals surface area (Å²) < 4.78 is 21.1. The minimum atomic E-state index is -1.43. The van der Waals surface area contributed by atoms with E-state index < -0.39 is 35.1 Å².